The van der Waals surface area contributed by atoms with Crippen molar-refractivity contribution in [1.29, 1.82) is 0 Å². The van der Waals surface area contributed by atoms with Crippen LogP contribution in [0.2, 0.25) is 5.02 Å². The SMILES string of the molecule is CN(CCCN1c2ccccc2CCc2ccccc21)S(=O)(=O)c1ccccc1Cl. The van der Waals surface area contributed by atoms with Crippen molar-refractivity contribution in [1.82, 2.24) is 4.31 Å². The van der Waals surface area contributed by atoms with Crippen molar-refractivity contribution >= 4 is 33.0 Å². The second-order valence-corrected chi connectivity index (χ2v) is 9.94. The molecule has 30 heavy (non-hydrogen) atoms. The predicted octanol–water partition coefficient (Wildman–Crippen LogP) is 5.29. The molecule has 0 atom stereocenters. The largest absolute Gasteiger partial charge is 0.341 e. The summed E-state index contributed by atoms with van der Waals surface area (Å²) in [7, 11) is -2.00. The van der Waals surface area contributed by atoms with Crippen LogP contribution >= 0.6 is 11.6 Å². The van der Waals surface area contributed by atoms with Gasteiger partial charge in [-0.1, -0.05) is 60.1 Å². The lowest BCUT2D eigenvalue weighted by molar-refractivity contribution is 0.463. The maximum absolute atomic E-state index is 12.9. The molecule has 4 rings (SSSR count). The molecule has 0 saturated heterocycles. The summed E-state index contributed by atoms with van der Waals surface area (Å²) in [4.78, 5) is 2.48. The molecule has 6 heteroatoms. The molecule has 0 radical (unpaired) electrons. The Morgan fingerprint density at radius 3 is 2.00 bits per heavy atom. The third-order valence-corrected chi connectivity index (χ3v) is 7.96. The highest BCUT2D eigenvalue weighted by molar-refractivity contribution is 7.89. The fraction of sp³-hybridized carbons (Fsp3) is 0.250. The van der Waals surface area contributed by atoms with Gasteiger partial charge in [0.1, 0.15) is 4.90 Å². The lowest BCUT2D eigenvalue weighted by Crippen LogP contribution is -2.30. The van der Waals surface area contributed by atoms with E-state index in [0.717, 1.165) is 19.4 Å². The highest BCUT2D eigenvalue weighted by Gasteiger charge is 2.24. The fourth-order valence-corrected chi connectivity index (χ4v) is 5.70. The average molecular weight is 441 g/mol. The molecule has 0 amide bonds. The first kappa shape index (κ1) is 20.9. The number of benzene rings is 3. The molecule has 1 heterocycles. The molecule has 0 bridgehead atoms. The van der Waals surface area contributed by atoms with Gasteiger partial charge in [0, 0.05) is 31.5 Å². The number of hydrogen-bond acceptors (Lipinski definition) is 3. The first-order chi connectivity index (χ1) is 14.5. The quantitative estimate of drug-likeness (QED) is 0.523. The van der Waals surface area contributed by atoms with Crippen molar-refractivity contribution in [2.75, 3.05) is 25.0 Å². The van der Waals surface area contributed by atoms with E-state index in [0.29, 0.717) is 13.0 Å². The predicted molar refractivity (Wildman–Crippen MR) is 123 cm³/mol. The van der Waals surface area contributed by atoms with Gasteiger partial charge in [-0.3, -0.25) is 0 Å². The minimum atomic E-state index is -3.62. The molecule has 156 valence electrons. The van der Waals surface area contributed by atoms with Crippen LogP contribution in [0.4, 0.5) is 11.4 Å². The van der Waals surface area contributed by atoms with E-state index in [9.17, 15) is 8.42 Å². The molecule has 0 aromatic heterocycles. The minimum absolute atomic E-state index is 0.152. The van der Waals surface area contributed by atoms with Crippen molar-refractivity contribution < 1.29 is 8.42 Å². The van der Waals surface area contributed by atoms with E-state index < -0.39 is 10.0 Å². The first-order valence-corrected chi connectivity index (χ1v) is 11.9. The molecule has 0 N–H and O–H groups in total. The van der Waals surface area contributed by atoms with Crippen molar-refractivity contribution in [2.24, 2.45) is 0 Å². The highest BCUT2D eigenvalue weighted by Crippen LogP contribution is 2.36. The maximum atomic E-state index is 12.9. The van der Waals surface area contributed by atoms with Crippen LogP contribution in [0.1, 0.15) is 17.5 Å². The van der Waals surface area contributed by atoms with Crippen LogP contribution in [0.15, 0.2) is 77.7 Å². The Morgan fingerprint density at radius 2 is 1.40 bits per heavy atom. The zero-order valence-corrected chi connectivity index (χ0v) is 18.5. The number of hydrogen-bond donors (Lipinski definition) is 0. The molecule has 0 spiro atoms. The summed E-state index contributed by atoms with van der Waals surface area (Å²) in [6, 6.07) is 23.5. The maximum Gasteiger partial charge on any atom is 0.244 e. The number of sulfonamides is 1. The molecule has 3 aromatic carbocycles. The van der Waals surface area contributed by atoms with Crippen LogP contribution in [-0.2, 0) is 22.9 Å². The summed E-state index contributed by atoms with van der Waals surface area (Å²) in [5.41, 5.74) is 5.06. The second-order valence-electron chi connectivity index (χ2n) is 7.52. The Labute approximate surface area is 183 Å². The molecule has 1 aliphatic heterocycles. The molecule has 3 aromatic rings. The van der Waals surface area contributed by atoms with E-state index in [4.69, 9.17) is 11.6 Å². The lowest BCUT2D eigenvalue weighted by Gasteiger charge is -2.28. The number of rotatable bonds is 6. The summed E-state index contributed by atoms with van der Waals surface area (Å²) in [5.74, 6) is 0. The smallest absolute Gasteiger partial charge is 0.244 e. The van der Waals surface area contributed by atoms with Crippen molar-refractivity contribution in [3.05, 3.63) is 88.9 Å². The topological polar surface area (TPSA) is 40.6 Å². The van der Waals surface area contributed by atoms with Gasteiger partial charge in [-0.2, -0.15) is 0 Å². The lowest BCUT2D eigenvalue weighted by atomic mass is 10.0. The molecular formula is C24H25ClN2O2S. The monoisotopic (exact) mass is 440 g/mol. The number of nitrogens with zero attached hydrogens (tertiary/aromatic N) is 2. The average Bonchev–Trinajstić information content (AvgIpc) is 2.91. The normalized spacial score (nSPS) is 13.6. The number of aryl methyl sites for hydroxylation is 2. The van der Waals surface area contributed by atoms with Gasteiger partial charge in [0.25, 0.3) is 0 Å². The molecule has 0 saturated carbocycles. The number of fused-ring (bicyclic) bond motifs is 2. The number of anilines is 2. The Bertz CT molecular complexity index is 1100. The molecule has 0 fully saturated rings. The molecule has 0 unspecified atom stereocenters. The van der Waals surface area contributed by atoms with Gasteiger partial charge in [0.15, 0.2) is 0 Å². The van der Waals surface area contributed by atoms with Gasteiger partial charge >= 0.3 is 0 Å². The van der Waals surface area contributed by atoms with Gasteiger partial charge in [-0.25, -0.2) is 12.7 Å². The fourth-order valence-electron chi connectivity index (χ4n) is 4.00. The second kappa shape index (κ2) is 8.80. The van der Waals surface area contributed by atoms with E-state index in [-0.39, 0.29) is 9.92 Å². The van der Waals surface area contributed by atoms with Crippen LogP contribution in [-0.4, -0.2) is 32.9 Å². The molecular weight excluding hydrogens is 416 g/mol. The van der Waals surface area contributed by atoms with Crippen molar-refractivity contribution in [3.63, 3.8) is 0 Å². The van der Waals surface area contributed by atoms with Crippen LogP contribution < -0.4 is 4.90 Å². The summed E-state index contributed by atoms with van der Waals surface area (Å²) >= 11 is 6.13. The number of para-hydroxylation sites is 2. The number of halogens is 1. The first-order valence-electron chi connectivity index (χ1n) is 10.1. The summed E-state index contributed by atoms with van der Waals surface area (Å²) in [6.45, 7) is 1.14. The van der Waals surface area contributed by atoms with E-state index in [1.54, 1.807) is 31.3 Å². The van der Waals surface area contributed by atoms with Crippen molar-refractivity contribution in [2.45, 2.75) is 24.2 Å². The van der Waals surface area contributed by atoms with Crippen LogP contribution in [0, 0.1) is 0 Å². The van der Waals surface area contributed by atoms with Gasteiger partial charge < -0.3 is 4.90 Å². The van der Waals surface area contributed by atoms with Gasteiger partial charge in [-0.15, -0.1) is 0 Å². The van der Waals surface area contributed by atoms with Gasteiger partial charge in [0.2, 0.25) is 10.0 Å². The summed E-state index contributed by atoms with van der Waals surface area (Å²) < 4.78 is 27.2. The van der Waals surface area contributed by atoms with E-state index in [1.165, 1.54) is 26.8 Å². The Balaban J connectivity index is 1.53. The standard InChI is InChI=1S/C24H25ClN2O2S/c1-26(30(28,29)24-14-7-4-11-21(24)25)17-8-18-27-22-12-5-2-9-19(22)15-16-20-10-3-6-13-23(20)27/h2-7,9-14H,8,15-18H2,1H3. The Hall–Kier alpha value is -2.34. The molecule has 4 nitrogen and oxygen atoms in total. The van der Waals surface area contributed by atoms with Gasteiger partial charge in [0.05, 0.1) is 5.02 Å². The van der Waals surface area contributed by atoms with E-state index in [1.807, 2.05) is 0 Å². The zero-order valence-electron chi connectivity index (χ0n) is 17.0. The zero-order chi connectivity index (χ0) is 21.1. The third kappa shape index (κ3) is 4.10. The van der Waals surface area contributed by atoms with Crippen molar-refractivity contribution in [3.8, 4) is 0 Å². The highest BCUT2D eigenvalue weighted by atomic mass is 35.5. The Morgan fingerprint density at radius 1 is 0.867 bits per heavy atom. The minimum Gasteiger partial charge on any atom is -0.341 e. The third-order valence-electron chi connectivity index (χ3n) is 5.61. The van der Waals surface area contributed by atoms with Crippen LogP contribution in [0.25, 0.3) is 0 Å². The van der Waals surface area contributed by atoms with E-state index >= 15 is 0 Å². The molecule has 1 aliphatic rings. The Kier molecular flexibility index (Phi) is 6.14. The van der Waals surface area contributed by atoms with E-state index in [2.05, 4.69) is 53.4 Å². The summed E-state index contributed by atoms with van der Waals surface area (Å²) in [6.07, 6.45) is 2.71. The van der Waals surface area contributed by atoms with Gasteiger partial charge in [-0.05, 0) is 54.7 Å². The summed E-state index contributed by atoms with van der Waals surface area (Å²) in [5, 5.41) is 0.250. The van der Waals surface area contributed by atoms with Crippen LogP contribution in [0.3, 0.4) is 0 Å². The van der Waals surface area contributed by atoms with Crippen LogP contribution in [0.5, 0.6) is 0 Å². The molecule has 0 aliphatic carbocycles.